The number of carbonyl (C=O) groups is 1. The first kappa shape index (κ1) is 12.2. The molecule has 0 aliphatic carbocycles. The molecule has 0 aromatic heterocycles. The first-order valence-corrected chi connectivity index (χ1v) is 5.91. The summed E-state index contributed by atoms with van der Waals surface area (Å²) in [6.07, 6.45) is -0.103. The predicted molar refractivity (Wildman–Crippen MR) is 65.4 cm³/mol. The number of halogens is 1. The summed E-state index contributed by atoms with van der Waals surface area (Å²) in [4.78, 5) is 11.9. The Morgan fingerprint density at radius 3 is 2.76 bits per heavy atom. The Morgan fingerprint density at radius 2 is 2.18 bits per heavy atom. The number of rotatable bonds is 1. The van der Waals surface area contributed by atoms with Gasteiger partial charge in [0.1, 0.15) is 11.4 Å². The van der Waals surface area contributed by atoms with Gasteiger partial charge < -0.3 is 9.47 Å². The summed E-state index contributed by atoms with van der Waals surface area (Å²) in [5.41, 5.74) is 0.379. The first-order valence-electron chi connectivity index (χ1n) is 5.54. The summed E-state index contributed by atoms with van der Waals surface area (Å²) in [5, 5.41) is 0.633. The van der Waals surface area contributed by atoms with E-state index < -0.39 is 11.7 Å². The highest BCUT2D eigenvalue weighted by Crippen LogP contribution is 2.34. The molecule has 0 spiro atoms. The number of esters is 1. The molecule has 17 heavy (non-hydrogen) atoms. The molecule has 0 N–H and O–H groups in total. The Labute approximate surface area is 106 Å². The quantitative estimate of drug-likeness (QED) is 0.723. The number of fused-ring (bicyclic) bond motifs is 1. The molecular weight excluding hydrogens is 240 g/mol. The molecule has 0 amide bonds. The number of carbonyl (C=O) groups excluding carboxylic acids is 1. The van der Waals surface area contributed by atoms with Crippen molar-refractivity contribution < 1.29 is 14.3 Å². The number of ether oxygens (including phenoxy) is 2. The molecule has 0 fully saturated rings. The van der Waals surface area contributed by atoms with Crippen LogP contribution in [0.2, 0.25) is 5.02 Å². The van der Waals surface area contributed by atoms with Gasteiger partial charge in [0.25, 0.3) is 0 Å². The minimum Gasteiger partial charge on any atom is -0.478 e. The minimum absolute atomic E-state index is 0.343. The second kappa shape index (κ2) is 4.22. The van der Waals surface area contributed by atoms with E-state index in [1.54, 1.807) is 12.1 Å². The molecule has 1 atom stereocenters. The van der Waals surface area contributed by atoms with Gasteiger partial charge in [0, 0.05) is 17.0 Å². The van der Waals surface area contributed by atoms with Gasteiger partial charge in [0.15, 0.2) is 6.10 Å². The fourth-order valence-electron chi connectivity index (χ4n) is 1.73. The maximum absolute atomic E-state index is 11.9. The molecule has 0 saturated carbocycles. The van der Waals surface area contributed by atoms with Gasteiger partial charge in [0.2, 0.25) is 0 Å². The van der Waals surface area contributed by atoms with Gasteiger partial charge >= 0.3 is 5.97 Å². The van der Waals surface area contributed by atoms with Gasteiger partial charge in [-0.3, -0.25) is 0 Å². The van der Waals surface area contributed by atoms with Crippen molar-refractivity contribution >= 4 is 17.6 Å². The minimum atomic E-state index is -0.580. The van der Waals surface area contributed by atoms with E-state index in [4.69, 9.17) is 21.1 Å². The van der Waals surface area contributed by atoms with E-state index in [1.807, 2.05) is 26.8 Å². The van der Waals surface area contributed by atoms with Crippen LogP contribution in [0.1, 0.15) is 26.3 Å². The highest BCUT2D eigenvalue weighted by atomic mass is 35.5. The van der Waals surface area contributed by atoms with Crippen molar-refractivity contribution in [3.63, 3.8) is 0 Å². The molecule has 4 heteroatoms. The molecule has 1 unspecified atom stereocenters. The smallest absolute Gasteiger partial charge is 0.348 e. The van der Waals surface area contributed by atoms with Crippen LogP contribution in [0.4, 0.5) is 0 Å². The maximum atomic E-state index is 11.9. The molecule has 0 bridgehead atoms. The third kappa shape index (κ3) is 2.72. The Bertz CT molecular complexity index is 448. The summed E-state index contributed by atoms with van der Waals surface area (Å²) in [6.45, 7) is 5.50. The highest BCUT2D eigenvalue weighted by molar-refractivity contribution is 6.31. The number of benzene rings is 1. The SMILES string of the molecule is CC(C)(C)OC(=O)C1Cc2c(Cl)cccc2O1. The van der Waals surface area contributed by atoms with Gasteiger partial charge in [-0.1, -0.05) is 17.7 Å². The van der Waals surface area contributed by atoms with Crippen LogP contribution in [0.15, 0.2) is 18.2 Å². The fourth-order valence-corrected chi connectivity index (χ4v) is 1.97. The molecule has 0 saturated heterocycles. The van der Waals surface area contributed by atoms with Crippen molar-refractivity contribution in [2.24, 2.45) is 0 Å². The topological polar surface area (TPSA) is 35.5 Å². The summed E-state index contributed by atoms with van der Waals surface area (Å²) in [7, 11) is 0. The van der Waals surface area contributed by atoms with Crippen LogP contribution in [0.25, 0.3) is 0 Å². The zero-order valence-electron chi connectivity index (χ0n) is 10.1. The third-order valence-electron chi connectivity index (χ3n) is 2.40. The van der Waals surface area contributed by atoms with Gasteiger partial charge in [-0.25, -0.2) is 4.79 Å². The molecule has 1 aromatic rings. The lowest BCUT2D eigenvalue weighted by Crippen LogP contribution is -2.34. The molecule has 92 valence electrons. The van der Waals surface area contributed by atoms with E-state index in [9.17, 15) is 4.79 Å². The van der Waals surface area contributed by atoms with Gasteiger partial charge in [0.05, 0.1) is 0 Å². The summed E-state index contributed by atoms with van der Waals surface area (Å²) in [6, 6.07) is 5.41. The van der Waals surface area contributed by atoms with Crippen LogP contribution in [-0.2, 0) is 16.0 Å². The van der Waals surface area contributed by atoms with Crippen molar-refractivity contribution in [2.75, 3.05) is 0 Å². The molecule has 2 rings (SSSR count). The van der Waals surface area contributed by atoms with Crippen molar-refractivity contribution in [1.82, 2.24) is 0 Å². The fraction of sp³-hybridized carbons (Fsp3) is 0.462. The maximum Gasteiger partial charge on any atom is 0.348 e. The average molecular weight is 255 g/mol. The van der Waals surface area contributed by atoms with E-state index in [1.165, 1.54) is 0 Å². The summed E-state index contributed by atoms with van der Waals surface area (Å²) in [5.74, 6) is 0.332. The molecule has 1 aromatic carbocycles. The molecule has 3 nitrogen and oxygen atoms in total. The van der Waals surface area contributed by atoms with Crippen LogP contribution in [-0.4, -0.2) is 17.7 Å². The standard InChI is InChI=1S/C13H15ClO3/c1-13(2,3)17-12(15)11-7-8-9(14)5-4-6-10(8)16-11/h4-6,11H,7H2,1-3H3. The van der Waals surface area contributed by atoms with Crippen LogP contribution in [0.3, 0.4) is 0 Å². The molecule has 1 aliphatic heterocycles. The summed E-state index contributed by atoms with van der Waals surface area (Å²) >= 11 is 6.04. The molecule has 1 heterocycles. The van der Waals surface area contributed by atoms with E-state index in [2.05, 4.69) is 0 Å². The van der Waals surface area contributed by atoms with E-state index in [0.29, 0.717) is 17.2 Å². The van der Waals surface area contributed by atoms with Crippen molar-refractivity contribution in [2.45, 2.75) is 38.9 Å². The zero-order chi connectivity index (χ0) is 12.6. The predicted octanol–water partition coefficient (Wildman–Crippen LogP) is 2.99. The third-order valence-corrected chi connectivity index (χ3v) is 2.76. The normalized spacial score (nSPS) is 18.5. The van der Waals surface area contributed by atoms with Gasteiger partial charge in [-0.15, -0.1) is 0 Å². The largest absolute Gasteiger partial charge is 0.478 e. The lowest BCUT2D eigenvalue weighted by molar-refractivity contribution is -0.162. The van der Waals surface area contributed by atoms with Gasteiger partial charge in [-0.2, -0.15) is 0 Å². The average Bonchev–Trinajstić information content (AvgIpc) is 2.60. The molecular formula is C13H15ClO3. The number of hydrogen-bond acceptors (Lipinski definition) is 3. The Balaban J connectivity index is 2.10. The van der Waals surface area contributed by atoms with Crippen molar-refractivity contribution in [3.8, 4) is 5.75 Å². The van der Waals surface area contributed by atoms with E-state index in [-0.39, 0.29) is 5.97 Å². The second-order valence-electron chi connectivity index (χ2n) is 5.06. The number of hydrogen-bond donors (Lipinski definition) is 0. The monoisotopic (exact) mass is 254 g/mol. The van der Waals surface area contributed by atoms with E-state index >= 15 is 0 Å². The zero-order valence-corrected chi connectivity index (χ0v) is 10.9. The lowest BCUT2D eigenvalue weighted by atomic mass is 10.1. The Hall–Kier alpha value is -1.22. The lowest BCUT2D eigenvalue weighted by Gasteiger charge is -2.21. The van der Waals surface area contributed by atoms with Crippen LogP contribution >= 0.6 is 11.6 Å². The Morgan fingerprint density at radius 1 is 1.47 bits per heavy atom. The highest BCUT2D eigenvalue weighted by Gasteiger charge is 2.33. The Kier molecular flexibility index (Phi) is 3.04. The molecule has 1 aliphatic rings. The van der Waals surface area contributed by atoms with Crippen molar-refractivity contribution in [3.05, 3.63) is 28.8 Å². The van der Waals surface area contributed by atoms with Crippen LogP contribution < -0.4 is 4.74 Å². The van der Waals surface area contributed by atoms with Gasteiger partial charge in [-0.05, 0) is 32.9 Å². The van der Waals surface area contributed by atoms with Crippen molar-refractivity contribution in [1.29, 1.82) is 0 Å². The second-order valence-corrected chi connectivity index (χ2v) is 5.47. The van der Waals surface area contributed by atoms with Crippen LogP contribution in [0, 0.1) is 0 Å². The molecule has 0 radical (unpaired) electrons. The first-order chi connectivity index (χ1) is 7.87. The van der Waals surface area contributed by atoms with Crippen LogP contribution in [0.5, 0.6) is 5.75 Å². The summed E-state index contributed by atoms with van der Waals surface area (Å²) < 4.78 is 10.8. The van der Waals surface area contributed by atoms with E-state index in [0.717, 1.165) is 5.56 Å².